The van der Waals surface area contributed by atoms with Crippen molar-refractivity contribution in [2.24, 2.45) is 0 Å². The van der Waals surface area contributed by atoms with Gasteiger partial charge in [-0.3, -0.25) is 24.0 Å². The Balaban J connectivity index is 0.783. The minimum absolute atomic E-state index is 0.0296. The monoisotopic (exact) mass is 1020 g/mol. The Labute approximate surface area is 425 Å². The third-order valence-corrected chi connectivity index (χ3v) is 12.5. The quantitative estimate of drug-likeness (QED) is 0.0362. The van der Waals surface area contributed by atoms with E-state index >= 15 is 4.39 Å². The number of hydrogen-bond donors (Lipinski definition) is 4. The number of aromatic nitrogens is 4. The van der Waals surface area contributed by atoms with Crippen LogP contribution in [0.5, 0.6) is 11.5 Å². The molecule has 0 saturated carbocycles. The lowest BCUT2D eigenvalue weighted by Gasteiger charge is -2.35. The molecule has 382 valence electrons. The van der Waals surface area contributed by atoms with E-state index in [0.29, 0.717) is 127 Å². The third kappa shape index (κ3) is 14.5. The summed E-state index contributed by atoms with van der Waals surface area (Å²) in [6, 6.07) is 18.2. The highest BCUT2D eigenvalue weighted by Crippen LogP contribution is 2.35. The number of halogens is 3. The van der Waals surface area contributed by atoms with Crippen LogP contribution in [-0.4, -0.2) is 119 Å². The van der Waals surface area contributed by atoms with Gasteiger partial charge in [0, 0.05) is 74.5 Å². The normalized spacial score (nSPS) is 12.8. The molecule has 1 aliphatic heterocycles. The largest absolute Gasteiger partial charge is 0.493 e. The van der Waals surface area contributed by atoms with E-state index in [9.17, 15) is 28.4 Å². The maximum absolute atomic E-state index is 15.0. The summed E-state index contributed by atoms with van der Waals surface area (Å²) in [5, 5.41) is 17.2. The van der Waals surface area contributed by atoms with Gasteiger partial charge in [-0.05, 0) is 80.1 Å². The molecule has 1 atom stereocenters. The molecule has 20 heteroatoms. The summed E-state index contributed by atoms with van der Waals surface area (Å²) in [6.45, 7) is 1.65. The number of methoxy groups -OCH3 is 1. The summed E-state index contributed by atoms with van der Waals surface area (Å²) in [5.74, 6) is 1.33. The number of nitrogens with one attached hydrogen (secondary N) is 4. The molecule has 17 nitrogen and oxygen atoms in total. The summed E-state index contributed by atoms with van der Waals surface area (Å²) in [6.07, 6.45) is 11.1. The van der Waals surface area contributed by atoms with Gasteiger partial charge in [0.05, 0.1) is 47.5 Å². The molecule has 3 heterocycles. The lowest BCUT2D eigenvalue weighted by Crippen LogP contribution is -2.50. The zero-order valence-electron chi connectivity index (χ0n) is 40.3. The first-order chi connectivity index (χ1) is 35.4. The fourth-order valence-corrected chi connectivity index (χ4v) is 8.50. The standard InChI is InChI=1S/C53H56ClF2N9O8/c1-3-25-72-32-45(61-48(66)14-6-5-11-26-73-47-30-39-43(31-46(47)71-2)58-33-59-50(39)60-35-17-19-42(56)40(54)29-35)52(69)57-20-10-4-7-15-49(67)64-21-23-65(24-22-64)53(70)38-27-34(16-18-41(38)55)28-44-36-12-8-9-13-37(36)51(68)63-62-44/h1,8-9,12-13,16-19,27,29-31,33,45H,4-7,10-11,14-15,20-26,28,32H2,2H3,(H,57,69)(H,61,66)(H,63,68)(H,58,59,60)/t45-/m0/s1. The molecule has 2 aromatic heterocycles. The molecule has 4 N–H and O–H groups in total. The Morgan fingerprint density at radius 2 is 1.60 bits per heavy atom. The first kappa shape index (κ1) is 53.1. The van der Waals surface area contributed by atoms with E-state index in [0.717, 1.165) is 0 Å². The molecule has 7 rings (SSSR count). The number of rotatable bonds is 24. The Morgan fingerprint density at radius 1 is 0.849 bits per heavy atom. The first-order valence-electron chi connectivity index (χ1n) is 24.0. The van der Waals surface area contributed by atoms with Gasteiger partial charge in [-0.25, -0.2) is 23.8 Å². The highest BCUT2D eigenvalue weighted by molar-refractivity contribution is 6.31. The van der Waals surface area contributed by atoms with Crippen molar-refractivity contribution >= 4 is 68.4 Å². The van der Waals surface area contributed by atoms with Crippen molar-refractivity contribution in [1.82, 2.24) is 40.6 Å². The summed E-state index contributed by atoms with van der Waals surface area (Å²) < 4.78 is 45.8. The number of piperazine rings is 1. The minimum atomic E-state index is -0.958. The van der Waals surface area contributed by atoms with Crippen molar-refractivity contribution in [3.63, 3.8) is 0 Å². The van der Waals surface area contributed by atoms with Crippen molar-refractivity contribution in [2.75, 3.05) is 65.0 Å². The fourth-order valence-electron chi connectivity index (χ4n) is 8.32. The number of ether oxygens (including phenoxy) is 3. The Kier molecular flexibility index (Phi) is 19.0. The van der Waals surface area contributed by atoms with E-state index in [2.05, 4.69) is 42.0 Å². The van der Waals surface area contributed by atoms with Crippen LogP contribution in [0.4, 0.5) is 20.3 Å². The highest BCUT2D eigenvalue weighted by Gasteiger charge is 2.27. The molecule has 73 heavy (non-hydrogen) atoms. The summed E-state index contributed by atoms with van der Waals surface area (Å²) in [5.41, 5.74) is 2.01. The van der Waals surface area contributed by atoms with Gasteiger partial charge in [-0.15, -0.1) is 6.42 Å². The van der Waals surface area contributed by atoms with Crippen molar-refractivity contribution in [3.05, 3.63) is 123 Å². The second-order valence-corrected chi connectivity index (χ2v) is 17.7. The molecule has 1 fully saturated rings. The van der Waals surface area contributed by atoms with Gasteiger partial charge in [0.1, 0.15) is 36.4 Å². The topological polar surface area (TPSA) is 210 Å². The molecule has 0 aliphatic carbocycles. The maximum atomic E-state index is 15.0. The molecule has 1 aliphatic rings. The van der Waals surface area contributed by atoms with Crippen LogP contribution in [0.1, 0.15) is 73.0 Å². The van der Waals surface area contributed by atoms with E-state index in [1.54, 1.807) is 52.3 Å². The summed E-state index contributed by atoms with van der Waals surface area (Å²) >= 11 is 5.97. The molecular weight excluding hydrogens is 964 g/mol. The van der Waals surface area contributed by atoms with Gasteiger partial charge in [0.2, 0.25) is 17.7 Å². The molecule has 4 aromatic carbocycles. The average Bonchev–Trinajstić information content (AvgIpc) is 3.40. The van der Waals surface area contributed by atoms with Crippen LogP contribution in [0, 0.1) is 24.0 Å². The van der Waals surface area contributed by atoms with Crippen LogP contribution < -0.4 is 31.0 Å². The third-order valence-electron chi connectivity index (χ3n) is 12.2. The first-order valence-corrected chi connectivity index (χ1v) is 24.4. The predicted molar refractivity (Wildman–Crippen MR) is 272 cm³/mol. The van der Waals surface area contributed by atoms with E-state index in [-0.39, 0.29) is 67.1 Å². The van der Waals surface area contributed by atoms with Gasteiger partial charge in [-0.1, -0.05) is 48.2 Å². The number of carbonyl (C=O) groups excluding carboxylic acids is 4. The lowest BCUT2D eigenvalue weighted by molar-refractivity contribution is -0.132. The van der Waals surface area contributed by atoms with Crippen LogP contribution in [0.2, 0.25) is 5.02 Å². The van der Waals surface area contributed by atoms with E-state index in [1.807, 2.05) is 6.07 Å². The molecule has 0 radical (unpaired) electrons. The SMILES string of the molecule is C#CCOC[C@H](NC(=O)CCCCCOc1cc2c(Nc3ccc(F)c(Cl)c3)ncnc2cc1OC)C(=O)NCCCCCC(=O)N1CCN(C(=O)c2cc(Cc3n[nH]c(=O)c4ccccc34)ccc2F)CC1. The zero-order valence-corrected chi connectivity index (χ0v) is 41.1. The van der Waals surface area contributed by atoms with Crippen LogP contribution in [0.15, 0.2) is 83.9 Å². The summed E-state index contributed by atoms with van der Waals surface area (Å²) in [7, 11) is 1.52. The average molecular weight is 1020 g/mol. The van der Waals surface area contributed by atoms with Gasteiger partial charge in [0.15, 0.2) is 11.5 Å². The van der Waals surface area contributed by atoms with Gasteiger partial charge >= 0.3 is 0 Å². The highest BCUT2D eigenvalue weighted by atomic mass is 35.5. The van der Waals surface area contributed by atoms with Gasteiger partial charge < -0.3 is 40.0 Å². The number of aromatic amines is 1. The molecule has 6 aromatic rings. The number of benzene rings is 4. The van der Waals surface area contributed by atoms with Crippen molar-refractivity contribution < 1.29 is 42.2 Å². The molecular formula is C53H56ClF2N9O8. The smallest absolute Gasteiger partial charge is 0.272 e. The fraction of sp³-hybridized carbons (Fsp3) is 0.358. The number of amides is 4. The van der Waals surface area contributed by atoms with Crippen LogP contribution in [0.25, 0.3) is 21.7 Å². The van der Waals surface area contributed by atoms with Crippen LogP contribution >= 0.6 is 11.6 Å². The zero-order chi connectivity index (χ0) is 51.7. The number of hydrogen-bond acceptors (Lipinski definition) is 12. The number of fused-ring (bicyclic) bond motifs is 2. The Bertz CT molecular complexity index is 3040. The minimum Gasteiger partial charge on any atom is -0.493 e. The number of H-pyrrole nitrogens is 1. The number of anilines is 2. The van der Waals surface area contributed by atoms with Crippen molar-refractivity contribution in [1.29, 1.82) is 0 Å². The molecule has 0 bridgehead atoms. The van der Waals surface area contributed by atoms with E-state index < -0.39 is 29.5 Å². The Hall–Kier alpha value is -7.69. The van der Waals surface area contributed by atoms with Crippen LogP contribution in [-0.2, 0) is 25.5 Å². The van der Waals surface area contributed by atoms with Crippen molar-refractivity contribution in [2.45, 2.75) is 63.8 Å². The number of carbonyl (C=O) groups is 4. The maximum Gasteiger partial charge on any atom is 0.272 e. The molecule has 1 saturated heterocycles. The second-order valence-electron chi connectivity index (χ2n) is 17.3. The Morgan fingerprint density at radius 3 is 2.38 bits per heavy atom. The molecule has 0 unspecified atom stereocenters. The van der Waals surface area contributed by atoms with Crippen LogP contribution in [0.3, 0.4) is 0 Å². The number of terminal acetylenes is 1. The van der Waals surface area contributed by atoms with Gasteiger partial charge in [-0.2, -0.15) is 5.10 Å². The number of nitrogens with zero attached hydrogens (tertiary/aromatic N) is 5. The second kappa shape index (κ2) is 26.1. The lowest BCUT2D eigenvalue weighted by atomic mass is 10.0. The van der Waals surface area contributed by atoms with E-state index in [1.165, 1.54) is 37.7 Å². The van der Waals surface area contributed by atoms with E-state index in [4.69, 9.17) is 32.2 Å². The van der Waals surface area contributed by atoms with Crippen molar-refractivity contribution in [3.8, 4) is 23.8 Å². The summed E-state index contributed by atoms with van der Waals surface area (Å²) in [4.78, 5) is 76.8. The van der Waals surface area contributed by atoms with Gasteiger partial charge in [0.25, 0.3) is 11.5 Å². The number of unbranched alkanes of at least 4 members (excludes halogenated alkanes) is 4. The molecule has 4 amide bonds. The molecule has 0 spiro atoms. The predicted octanol–water partition coefficient (Wildman–Crippen LogP) is 6.88.